The van der Waals surface area contributed by atoms with E-state index in [4.69, 9.17) is 15.4 Å². The van der Waals surface area contributed by atoms with Gasteiger partial charge in [-0.1, -0.05) is 73.4 Å². The summed E-state index contributed by atoms with van der Waals surface area (Å²) < 4.78 is 6.06. The number of allylic oxidation sites excluding steroid dienone is 1. The maximum absolute atomic E-state index is 7.22. The first kappa shape index (κ1) is 21.1. The van der Waals surface area contributed by atoms with Gasteiger partial charge in [-0.25, -0.2) is 0 Å². The van der Waals surface area contributed by atoms with E-state index in [1.54, 1.807) is 7.11 Å². The monoisotopic (exact) mass is 516 g/mol. The lowest BCUT2D eigenvalue weighted by Crippen LogP contribution is -2.15. The van der Waals surface area contributed by atoms with Crippen molar-refractivity contribution in [1.82, 2.24) is 0 Å². The second-order valence-electron chi connectivity index (χ2n) is 9.09. The van der Waals surface area contributed by atoms with Gasteiger partial charge in [0.05, 0.1) is 7.11 Å². The third kappa shape index (κ3) is 3.92. The van der Waals surface area contributed by atoms with Crippen molar-refractivity contribution < 1.29 is 4.74 Å². The van der Waals surface area contributed by atoms with Gasteiger partial charge < -0.3 is 4.74 Å². The number of fused-ring (bicyclic) bond motifs is 1. The molecule has 2 aromatic carbocycles. The van der Waals surface area contributed by atoms with E-state index in [9.17, 15) is 0 Å². The van der Waals surface area contributed by atoms with Crippen molar-refractivity contribution >= 4 is 42.3 Å². The van der Waals surface area contributed by atoms with Crippen molar-refractivity contribution in [3.05, 3.63) is 58.7 Å². The summed E-state index contributed by atoms with van der Waals surface area (Å²) in [5, 5.41) is 0. The molecule has 0 saturated heterocycles. The molecule has 0 atom stereocenters. The van der Waals surface area contributed by atoms with E-state index in [1.165, 1.54) is 38.3 Å². The van der Waals surface area contributed by atoms with E-state index >= 15 is 0 Å². The average Bonchev–Trinajstić information content (AvgIpc) is 2.88. The Balaban J connectivity index is 2.49. The highest BCUT2D eigenvalue weighted by molar-refractivity contribution is 14.2. The molecule has 0 radical (unpaired) electrons. The minimum Gasteiger partial charge on any atom is -0.496 e. The summed E-state index contributed by atoms with van der Waals surface area (Å²) in [6, 6.07) is 13.0. The topological polar surface area (TPSA) is 9.23 Å². The van der Waals surface area contributed by atoms with Gasteiger partial charge in [0.1, 0.15) is 5.75 Å². The lowest BCUT2D eigenvalue weighted by atomic mass is 9.81. The Morgan fingerprint density at radius 3 is 2.15 bits per heavy atom. The molecule has 27 heavy (non-hydrogen) atoms. The molecule has 0 aliphatic heterocycles. The zero-order valence-electron chi connectivity index (χ0n) is 17.3. The third-order valence-corrected chi connectivity index (χ3v) is 8.94. The first-order valence-electron chi connectivity index (χ1n) is 9.26. The molecule has 1 aliphatic carbocycles. The van der Waals surface area contributed by atoms with Gasteiger partial charge in [-0.2, -0.15) is 5.55 Å². The molecule has 0 N–H and O–H groups in total. The van der Waals surface area contributed by atoms with Crippen LogP contribution in [0.4, 0.5) is 0 Å². The molecule has 0 fully saturated rings. The Kier molecular flexibility index (Phi) is 5.23. The summed E-state index contributed by atoms with van der Waals surface area (Å²) in [7, 11) is 9.01. The highest BCUT2D eigenvalue weighted by Crippen LogP contribution is 2.85. The predicted octanol–water partition coefficient (Wildman–Crippen LogP) is 7.78. The molecule has 1 nitrogen and oxygen atoms in total. The normalized spacial score (nSPS) is 16.1. The number of methoxy groups -OCH3 is 1. The number of benzene rings is 2. The molecule has 0 spiro atoms. The van der Waals surface area contributed by atoms with Crippen LogP contribution in [0.1, 0.15) is 44.4 Å². The van der Waals surface area contributed by atoms with Crippen LogP contribution in [0.15, 0.2) is 42.0 Å². The fourth-order valence-electron chi connectivity index (χ4n) is 4.20. The Morgan fingerprint density at radius 1 is 1.07 bits per heavy atom. The molecular formula is C23H30ClIOS. The van der Waals surface area contributed by atoms with Crippen LogP contribution in [0.25, 0.3) is 16.0 Å². The molecule has 2 aromatic rings. The Morgan fingerprint density at radius 2 is 1.67 bits per heavy atom. The maximum Gasteiger partial charge on any atom is 0.131 e. The molecule has 0 saturated carbocycles. The number of hydrogen-bond acceptors (Lipinski definition) is 1. The van der Waals surface area contributed by atoms with Crippen LogP contribution in [-0.4, -0.2) is 19.6 Å². The molecule has 0 bridgehead atoms. The fourth-order valence-corrected chi connectivity index (χ4v) is 8.84. The summed E-state index contributed by atoms with van der Waals surface area (Å²) in [6.07, 6.45) is 5.41. The Labute approximate surface area is 180 Å². The minimum absolute atomic E-state index is 0.00417. The molecule has 0 amide bonds. The van der Waals surface area contributed by atoms with Crippen molar-refractivity contribution in [2.75, 3.05) is 19.6 Å². The second-order valence-corrected chi connectivity index (χ2v) is 26.6. The summed E-state index contributed by atoms with van der Waals surface area (Å²) in [4.78, 5) is 1.34. The maximum atomic E-state index is 7.22. The van der Waals surface area contributed by atoms with Crippen molar-refractivity contribution in [2.45, 2.75) is 39.5 Å². The van der Waals surface area contributed by atoms with Gasteiger partial charge in [-0.3, -0.25) is 0 Å². The number of ether oxygens (including phenoxy) is 1. The highest BCUT2D eigenvalue weighted by Gasteiger charge is 2.39. The number of rotatable bonds is 3. The summed E-state index contributed by atoms with van der Waals surface area (Å²) >= 11 is 2.51. The van der Waals surface area contributed by atoms with Gasteiger partial charge in [-0.15, -0.1) is 0 Å². The number of thiol groups is 1. The molecule has 0 heterocycles. The zero-order valence-corrected chi connectivity index (χ0v) is 21.1. The first-order chi connectivity index (χ1) is 12.3. The van der Waals surface area contributed by atoms with Crippen molar-refractivity contribution in [1.29, 1.82) is 0 Å². The fraction of sp³-hybridized carbons (Fsp3) is 0.391. The van der Waals surface area contributed by atoms with Crippen LogP contribution >= 0.6 is 37.4 Å². The van der Waals surface area contributed by atoms with Crippen molar-refractivity contribution in [2.24, 2.45) is 0 Å². The van der Waals surface area contributed by atoms with Crippen molar-refractivity contribution in [3.8, 4) is 16.9 Å². The van der Waals surface area contributed by atoms with Gasteiger partial charge in [0.15, 0.2) is 0 Å². The van der Waals surface area contributed by atoms with Crippen LogP contribution < -0.4 is 4.74 Å². The minimum atomic E-state index is -2.52. The first-order valence-corrected chi connectivity index (χ1v) is 16.1. The summed E-state index contributed by atoms with van der Waals surface area (Å²) in [6.45, 7) is 8.99. The van der Waals surface area contributed by atoms with E-state index in [0.717, 1.165) is 12.2 Å². The van der Waals surface area contributed by atoms with Crippen LogP contribution in [0.2, 0.25) is 0 Å². The van der Waals surface area contributed by atoms with Crippen LogP contribution in [0, 0.1) is 0 Å². The standard InChI is InChI=1S/C23H30ClIOS/c1-15-13-17-14-18(23(2,3)4)21(26-5)19(16-11-9-8-10-12-16)20(17)22(15)27(6,7,24)25/h8-12,14,27H,13H2,1-7H3. The number of halogens is 2. The average molecular weight is 517 g/mol. The largest absolute Gasteiger partial charge is 0.496 e. The highest BCUT2D eigenvalue weighted by atomic mass is 127. The molecular weight excluding hydrogens is 487 g/mol. The quantitative estimate of drug-likeness (QED) is 0.324. The van der Waals surface area contributed by atoms with Crippen LogP contribution in [-0.2, 0) is 11.8 Å². The van der Waals surface area contributed by atoms with E-state index in [-0.39, 0.29) is 5.41 Å². The van der Waals surface area contributed by atoms with Gasteiger partial charge in [0, 0.05) is 21.6 Å². The summed E-state index contributed by atoms with van der Waals surface area (Å²) in [5.74, 6) is 0.980. The molecule has 148 valence electrons. The molecule has 3 rings (SSSR count). The predicted molar refractivity (Wildman–Crippen MR) is 134 cm³/mol. The zero-order chi connectivity index (χ0) is 20.2. The van der Waals surface area contributed by atoms with Crippen LogP contribution in [0.3, 0.4) is 0 Å². The molecule has 1 aliphatic rings. The molecule has 4 heteroatoms. The van der Waals surface area contributed by atoms with E-state index in [1.807, 2.05) is 0 Å². The lowest BCUT2D eigenvalue weighted by molar-refractivity contribution is 0.399. The summed E-state index contributed by atoms with van der Waals surface area (Å²) in [5.41, 5.74) is 5.19. The second kappa shape index (κ2) is 6.70. The Bertz CT molecular complexity index is 922. The third-order valence-electron chi connectivity index (χ3n) is 5.15. The lowest BCUT2D eigenvalue weighted by Gasteiger charge is -2.45. The van der Waals surface area contributed by atoms with Gasteiger partial charge >= 0.3 is 0 Å². The van der Waals surface area contributed by atoms with Crippen molar-refractivity contribution in [3.63, 3.8) is 0 Å². The van der Waals surface area contributed by atoms with Gasteiger partial charge in [-0.05, 0) is 63.6 Å². The van der Waals surface area contributed by atoms with E-state index in [2.05, 4.69) is 97.8 Å². The molecule has 0 aromatic heterocycles. The van der Waals surface area contributed by atoms with Crippen LogP contribution in [0.5, 0.6) is 5.75 Å². The van der Waals surface area contributed by atoms with Gasteiger partial charge in [0.2, 0.25) is 0 Å². The van der Waals surface area contributed by atoms with E-state index in [0.29, 0.717) is 0 Å². The SMILES string of the molecule is COc1c(C(C)(C)C)cc2c(c1-c1ccccc1)C([SH](C)(C)(Cl)I)=C(C)C2. The molecule has 0 unspecified atom stereocenters. The van der Waals surface area contributed by atoms with Gasteiger partial charge in [0.25, 0.3) is 0 Å². The number of hydrogen-bond donors (Lipinski definition) is 1. The Hall–Kier alpha value is -0.650. The van der Waals surface area contributed by atoms with E-state index < -0.39 is 5.55 Å². The smallest absolute Gasteiger partial charge is 0.131 e.